The number of nitrogens with zero attached hydrogens (tertiary/aromatic N) is 3. The van der Waals surface area contributed by atoms with Crippen LogP contribution in [0.25, 0.3) is 0 Å². The number of nitrogens with one attached hydrogen (secondary N) is 4. The van der Waals surface area contributed by atoms with E-state index in [-0.39, 0.29) is 38.4 Å². The van der Waals surface area contributed by atoms with Crippen molar-refractivity contribution in [1.82, 2.24) is 30.7 Å². The fourth-order valence-electron chi connectivity index (χ4n) is 8.29. The first-order valence-corrected chi connectivity index (χ1v) is 19.8. The van der Waals surface area contributed by atoms with Gasteiger partial charge >= 0.3 is 12.0 Å². The van der Waals surface area contributed by atoms with Gasteiger partial charge in [-0.15, -0.1) is 0 Å². The van der Waals surface area contributed by atoms with Crippen molar-refractivity contribution in [3.05, 3.63) is 65.5 Å². The topological polar surface area (TPSA) is 187 Å². The van der Waals surface area contributed by atoms with Gasteiger partial charge in [-0.2, -0.15) is 0 Å². The Morgan fingerprint density at radius 1 is 0.860 bits per heavy atom. The Balaban J connectivity index is 1.33. The van der Waals surface area contributed by atoms with Gasteiger partial charge in [-0.25, -0.2) is 14.0 Å². The Hall–Kier alpha value is -5.54. The monoisotopic (exact) mass is 789 g/mol. The number of fused-ring (bicyclic) bond motifs is 3. The highest BCUT2D eigenvalue weighted by Gasteiger charge is 2.47. The number of benzene rings is 2. The van der Waals surface area contributed by atoms with E-state index in [2.05, 4.69) is 21.3 Å². The Morgan fingerprint density at radius 3 is 2.30 bits per heavy atom. The molecule has 2 aromatic carbocycles. The van der Waals surface area contributed by atoms with Gasteiger partial charge in [-0.3, -0.25) is 24.0 Å². The summed E-state index contributed by atoms with van der Waals surface area (Å²) in [6, 6.07) is 5.06. The molecule has 4 N–H and O–H groups in total. The van der Waals surface area contributed by atoms with Crippen molar-refractivity contribution < 1.29 is 42.7 Å². The lowest BCUT2D eigenvalue weighted by molar-refractivity contribution is -0.163. The summed E-state index contributed by atoms with van der Waals surface area (Å²) in [5.41, 5.74) is 1.81. The number of ether oxygens (including phenoxy) is 1. The normalized spacial score (nSPS) is 27.8. The summed E-state index contributed by atoms with van der Waals surface area (Å²) in [6.45, 7) is 7.45. The molecule has 0 unspecified atom stereocenters. The Bertz CT molecular complexity index is 1880. The van der Waals surface area contributed by atoms with Crippen molar-refractivity contribution in [2.45, 2.75) is 115 Å². The molecule has 16 heteroatoms. The minimum atomic E-state index is -1.54. The molecule has 15 nitrogen and oxygen atoms in total. The molecule has 57 heavy (non-hydrogen) atoms. The third kappa shape index (κ3) is 9.54. The average molecular weight is 790 g/mol. The first kappa shape index (κ1) is 41.1. The highest BCUT2D eigenvalue weighted by atomic mass is 19.1. The third-order valence-corrected chi connectivity index (χ3v) is 11.3. The molecule has 4 aliphatic heterocycles. The SMILES string of the molecule is Cc1ccc(NC(=O)N[C@@H](Cc2cccc(F)c2)C(=O)N[C@@H]2C(=O)N3CCC[C@H]3C(=O)N3CCCC[C@H]3C(=O)N[C@@H](C)C(=O)N3C[C@H](C)C[C@H]3C(=O)O[C@H]2C)cc1. The Morgan fingerprint density at radius 2 is 1.56 bits per heavy atom. The molecule has 0 spiro atoms. The number of urea groups is 1. The summed E-state index contributed by atoms with van der Waals surface area (Å²) in [5, 5.41) is 10.8. The van der Waals surface area contributed by atoms with Gasteiger partial charge in [0.1, 0.15) is 48.2 Å². The highest BCUT2D eigenvalue weighted by Crippen LogP contribution is 2.29. The fourth-order valence-corrected chi connectivity index (χ4v) is 8.29. The van der Waals surface area contributed by atoms with Gasteiger partial charge in [0.15, 0.2) is 0 Å². The highest BCUT2D eigenvalue weighted by molar-refractivity contribution is 5.98. The largest absolute Gasteiger partial charge is 0.458 e. The molecule has 2 aromatic rings. The zero-order chi connectivity index (χ0) is 41.0. The number of aryl methyl sites for hydroxylation is 1. The van der Waals surface area contributed by atoms with E-state index in [1.165, 1.54) is 39.8 Å². The minimum Gasteiger partial charge on any atom is -0.458 e. The van der Waals surface area contributed by atoms with Gasteiger partial charge in [-0.05, 0) is 95.0 Å². The maximum atomic E-state index is 14.7. The predicted octanol–water partition coefficient (Wildman–Crippen LogP) is 2.41. The average Bonchev–Trinajstić information content (AvgIpc) is 3.83. The van der Waals surface area contributed by atoms with Crippen molar-refractivity contribution in [2.75, 3.05) is 25.0 Å². The second-order valence-corrected chi connectivity index (χ2v) is 15.8. The van der Waals surface area contributed by atoms with Gasteiger partial charge < -0.3 is 40.7 Å². The molecule has 7 amide bonds. The molecule has 4 heterocycles. The quantitative estimate of drug-likeness (QED) is 0.322. The number of anilines is 1. The number of rotatable bonds is 6. The van der Waals surface area contributed by atoms with E-state index in [0.717, 1.165) is 5.56 Å². The van der Waals surface area contributed by atoms with E-state index < -0.39 is 89.7 Å². The molecular formula is C41H52FN7O8. The minimum absolute atomic E-state index is 0.0820. The van der Waals surface area contributed by atoms with Crippen LogP contribution in [0.5, 0.6) is 0 Å². The molecular weight excluding hydrogens is 737 g/mol. The first-order chi connectivity index (χ1) is 27.2. The molecule has 4 fully saturated rings. The van der Waals surface area contributed by atoms with Gasteiger partial charge in [0.25, 0.3) is 0 Å². The van der Waals surface area contributed by atoms with Crippen molar-refractivity contribution >= 4 is 47.2 Å². The number of hydrogen-bond donors (Lipinski definition) is 4. The summed E-state index contributed by atoms with van der Waals surface area (Å²) >= 11 is 0. The van der Waals surface area contributed by atoms with E-state index in [1.807, 2.05) is 13.8 Å². The van der Waals surface area contributed by atoms with Crippen LogP contribution in [-0.4, -0.2) is 118 Å². The maximum absolute atomic E-state index is 14.7. The number of esters is 1. The lowest BCUT2D eigenvalue weighted by atomic mass is 9.99. The number of carbonyl (C=O) groups is 7. The molecule has 4 aliphatic rings. The second kappa shape index (κ2) is 17.7. The number of carbonyl (C=O) groups excluding carboxylic acids is 7. The number of cyclic esters (lactones) is 1. The lowest BCUT2D eigenvalue weighted by Gasteiger charge is -2.39. The van der Waals surface area contributed by atoms with E-state index in [4.69, 9.17) is 4.74 Å². The molecule has 6 rings (SSSR count). The smallest absolute Gasteiger partial charge is 0.329 e. The van der Waals surface area contributed by atoms with Crippen LogP contribution in [0, 0.1) is 18.7 Å². The Labute approximate surface area is 331 Å². The molecule has 4 saturated heterocycles. The third-order valence-electron chi connectivity index (χ3n) is 11.3. The first-order valence-electron chi connectivity index (χ1n) is 19.8. The lowest BCUT2D eigenvalue weighted by Crippen LogP contribution is -2.63. The number of halogens is 1. The van der Waals surface area contributed by atoms with Crippen LogP contribution in [0.1, 0.15) is 70.4 Å². The van der Waals surface area contributed by atoms with Crippen LogP contribution in [-0.2, 0) is 39.9 Å². The van der Waals surface area contributed by atoms with Crippen LogP contribution in [0.15, 0.2) is 48.5 Å². The van der Waals surface area contributed by atoms with E-state index in [9.17, 15) is 38.0 Å². The molecule has 0 aromatic heterocycles. The maximum Gasteiger partial charge on any atom is 0.329 e. The predicted molar refractivity (Wildman–Crippen MR) is 206 cm³/mol. The van der Waals surface area contributed by atoms with Gasteiger partial charge in [0.2, 0.25) is 29.5 Å². The van der Waals surface area contributed by atoms with E-state index >= 15 is 0 Å². The van der Waals surface area contributed by atoms with Gasteiger partial charge in [-0.1, -0.05) is 36.8 Å². The number of piperidine rings is 1. The summed E-state index contributed by atoms with van der Waals surface area (Å²) in [5.74, 6) is -4.35. The molecule has 0 radical (unpaired) electrons. The van der Waals surface area contributed by atoms with Crippen LogP contribution in [0.3, 0.4) is 0 Å². The molecule has 306 valence electrons. The summed E-state index contributed by atoms with van der Waals surface area (Å²) in [6.07, 6.45) is 1.29. The van der Waals surface area contributed by atoms with Crippen LogP contribution in [0.2, 0.25) is 0 Å². The van der Waals surface area contributed by atoms with Crippen LogP contribution in [0.4, 0.5) is 14.9 Å². The van der Waals surface area contributed by atoms with Crippen molar-refractivity contribution in [3.8, 4) is 0 Å². The standard InChI is InChI=1S/C41H52FN7O8/c1-23-13-15-29(16-14-23)44-41(56)45-30(21-27-9-7-10-28(42)20-27)35(50)46-34-26(4)57-40(55)33-19-24(2)22-49(33)37(52)25(3)43-36(51)31-11-5-6-17-47(31)38(53)32-12-8-18-48(32)39(34)54/h7,9-10,13-16,20,24-26,30-34H,5-6,8,11-12,17-19,21-22H2,1-4H3,(H,43,51)(H,46,50)(H2,44,45,56)/t24-,25+,26+,30+,31+,32+,33+,34+/m1/s1. The van der Waals surface area contributed by atoms with E-state index in [1.54, 1.807) is 37.3 Å². The van der Waals surface area contributed by atoms with Crippen LogP contribution >= 0.6 is 0 Å². The molecule has 0 bridgehead atoms. The Kier molecular flexibility index (Phi) is 12.8. The zero-order valence-corrected chi connectivity index (χ0v) is 32.8. The number of hydrogen-bond acceptors (Lipinski definition) is 8. The zero-order valence-electron chi connectivity index (χ0n) is 32.8. The summed E-state index contributed by atoms with van der Waals surface area (Å²) in [7, 11) is 0. The van der Waals surface area contributed by atoms with Gasteiger partial charge in [0.05, 0.1) is 0 Å². The van der Waals surface area contributed by atoms with Gasteiger partial charge in [0, 0.05) is 31.7 Å². The summed E-state index contributed by atoms with van der Waals surface area (Å²) < 4.78 is 20.2. The second-order valence-electron chi connectivity index (χ2n) is 15.8. The van der Waals surface area contributed by atoms with Crippen molar-refractivity contribution in [1.29, 1.82) is 0 Å². The van der Waals surface area contributed by atoms with Crippen molar-refractivity contribution in [3.63, 3.8) is 0 Å². The molecule has 0 aliphatic carbocycles. The molecule has 0 saturated carbocycles. The van der Waals surface area contributed by atoms with Crippen LogP contribution < -0.4 is 21.3 Å². The van der Waals surface area contributed by atoms with E-state index in [0.29, 0.717) is 43.4 Å². The number of amides is 7. The van der Waals surface area contributed by atoms with Crippen molar-refractivity contribution in [2.24, 2.45) is 5.92 Å². The molecule has 8 atom stereocenters. The fraction of sp³-hybridized carbons (Fsp3) is 0.537. The summed E-state index contributed by atoms with van der Waals surface area (Å²) in [4.78, 5) is 102.